The number of rotatable bonds is 10. The molecule has 3 rings (SSSR count). The number of sulfonamides is 1. The number of carbonyl (C=O) groups is 1. The summed E-state index contributed by atoms with van der Waals surface area (Å²) in [5.74, 6) is 0.0297. The van der Waals surface area contributed by atoms with Crippen LogP contribution in [0, 0.1) is 12.7 Å². The third kappa shape index (κ3) is 6.35. The molecule has 0 aliphatic rings. The number of aryl methyl sites for hydroxylation is 1. The van der Waals surface area contributed by atoms with E-state index in [0.29, 0.717) is 11.6 Å². The number of hydrogen-bond acceptors (Lipinski definition) is 4. The fourth-order valence-corrected chi connectivity index (χ4v) is 4.81. The Kier molecular flexibility index (Phi) is 8.28. The summed E-state index contributed by atoms with van der Waals surface area (Å²) >= 11 is 0. The molecule has 0 saturated heterocycles. The van der Waals surface area contributed by atoms with Gasteiger partial charge in [-0.2, -0.15) is 0 Å². The molecule has 8 heteroatoms. The minimum atomic E-state index is -4.09. The van der Waals surface area contributed by atoms with Gasteiger partial charge in [0.2, 0.25) is 5.91 Å². The first kappa shape index (κ1) is 25.2. The summed E-state index contributed by atoms with van der Waals surface area (Å²) in [6.07, 6.45) is 0. The molecule has 0 spiro atoms. The van der Waals surface area contributed by atoms with E-state index in [0.717, 1.165) is 33.3 Å². The van der Waals surface area contributed by atoms with E-state index in [1.54, 1.807) is 24.3 Å². The largest absolute Gasteiger partial charge is 0.491 e. The van der Waals surface area contributed by atoms with Crippen LogP contribution in [0.1, 0.15) is 30.9 Å². The van der Waals surface area contributed by atoms with Crippen molar-refractivity contribution >= 4 is 21.6 Å². The summed E-state index contributed by atoms with van der Waals surface area (Å²) in [7, 11) is -4.09. The van der Waals surface area contributed by atoms with E-state index < -0.39 is 28.3 Å². The topological polar surface area (TPSA) is 75.7 Å². The average molecular weight is 485 g/mol. The molecular weight excluding hydrogens is 455 g/mol. The fraction of sp³-hybridized carbons (Fsp3) is 0.269. The number of para-hydroxylation sites is 1. The number of halogens is 1. The van der Waals surface area contributed by atoms with E-state index in [-0.39, 0.29) is 18.0 Å². The molecule has 0 fully saturated rings. The third-order valence-electron chi connectivity index (χ3n) is 5.23. The molecule has 1 N–H and O–H groups in total. The molecule has 0 atom stereocenters. The summed E-state index contributed by atoms with van der Waals surface area (Å²) in [6, 6.07) is 19.0. The second kappa shape index (κ2) is 11.2. The van der Waals surface area contributed by atoms with Gasteiger partial charge in [-0.1, -0.05) is 49.7 Å². The van der Waals surface area contributed by atoms with E-state index in [2.05, 4.69) is 19.2 Å². The normalized spacial score (nSPS) is 11.3. The standard InChI is InChI=1S/C26H29FN2O4S/c1-19(2)24-6-4-5-7-25(24)33-17-16-28-26(30)18-29(22-12-8-20(3)9-13-22)34(31,32)23-14-10-21(27)11-15-23/h4-15,19H,16-18H2,1-3H3,(H,28,30). The highest BCUT2D eigenvalue weighted by atomic mass is 32.2. The highest BCUT2D eigenvalue weighted by Gasteiger charge is 2.27. The monoisotopic (exact) mass is 484 g/mol. The SMILES string of the molecule is Cc1ccc(N(CC(=O)NCCOc2ccccc2C(C)C)S(=O)(=O)c2ccc(F)cc2)cc1. The minimum Gasteiger partial charge on any atom is -0.491 e. The third-order valence-corrected chi connectivity index (χ3v) is 7.02. The predicted molar refractivity (Wildman–Crippen MR) is 131 cm³/mol. The van der Waals surface area contributed by atoms with Crippen molar-refractivity contribution in [2.24, 2.45) is 0 Å². The minimum absolute atomic E-state index is 0.101. The number of nitrogens with one attached hydrogen (secondary N) is 1. The molecule has 6 nitrogen and oxygen atoms in total. The van der Waals surface area contributed by atoms with Crippen LogP contribution >= 0.6 is 0 Å². The van der Waals surface area contributed by atoms with Gasteiger partial charge in [0.1, 0.15) is 24.7 Å². The van der Waals surface area contributed by atoms with E-state index in [1.807, 2.05) is 31.2 Å². The molecule has 34 heavy (non-hydrogen) atoms. The van der Waals surface area contributed by atoms with Crippen LogP contribution in [0.15, 0.2) is 77.7 Å². The smallest absolute Gasteiger partial charge is 0.264 e. The Hall–Kier alpha value is -3.39. The van der Waals surface area contributed by atoms with E-state index in [1.165, 1.54) is 12.1 Å². The lowest BCUT2D eigenvalue weighted by Gasteiger charge is -2.24. The Labute approximate surface area is 200 Å². The maximum absolute atomic E-state index is 13.3. The van der Waals surface area contributed by atoms with Crippen molar-refractivity contribution in [1.82, 2.24) is 5.32 Å². The van der Waals surface area contributed by atoms with Crippen LogP contribution in [-0.2, 0) is 14.8 Å². The fourth-order valence-electron chi connectivity index (χ4n) is 3.39. The maximum atomic E-state index is 13.3. The van der Waals surface area contributed by atoms with Crippen LogP contribution in [0.2, 0.25) is 0 Å². The quantitative estimate of drug-likeness (QED) is 0.425. The van der Waals surface area contributed by atoms with Crippen molar-refractivity contribution in [1.29, 1.82) is 0 Å². The molecule has 0 saturated carbocycles. The van der Waals surface area contributed by atoms with Gasteiger partial charge in [0, 0.05) is 0 Å². The zero-order valence-electron chi connectivity index (χ0n) is 19.5. The van der Waals surface area contributed by atoms with E-state index >= 15 is 0 Å². The number of ether oxygens (including phenoxy) is 1. The first-order chi connectivity index (χ1) is 16.2. The number of amides is 1. The Morgan fingerprint density at radius 3 is 2.29 bits per heavy atom. The van der Waals surface area contributed by atoms with Crippen molar-refractivity contribution in [3.63, 3.8) is 0 Å². The summed E-state index contributed by atoms with van der Waals surface area (Å²) in [4.78, 5) is 12.6. The number of nitrogens with zero attached hydrogens (tertiary/aromatic N) is 1. The van der Waals surface area contributed by atoms with Gasteiger partial charge >= 0.3 is 0 Å². The molecule has 180 valence electrons. The molecule has 1 amide bonds. The molecular formula is C26H29FN2O4S. The summed E-state index contributed by atoms with van der Waals surface area (Å²) in [5.41, 5.74) is 2.36. The number of hydrogen-bond donors (Lipinski definition) is 1. The maximum Gasteiger partial charge on any atom is 0.264 e. The van der Waals surface area contributed by atoms with Crippen LogP contribution in [0.4, 0.5) is 10.1 Å². The Balaban J connectivity index is 1.69. The first-order valence-corrected chi connectivity index (χ1v) is 12.5. The van der Waals surface area contributed by atoms with Crippen LogP contribution in [0.3, 0.4) is 0 Å². The van der Waals surface area contributed by atoms with Crippen LogP contribution < -0.4 is 14.4 Å². The number of benzene rings is 3. The highest BCUT2D eigenvalue weighted by molar-refractivity contribution is 7.92. The molecule has 0 aliphatic heterocycles. The lowest BCUT2D eigenvalue weighted by molar-refractivity contribution is -0.119. The van der Waals surface area contributed by atoms with Crippen molar-refractivity contribution < 1.29 is 22.3 Å². The number of anilines is 1. The second-order valence-electron chi connectivity index (χ2n) is 8.19. The molecule has 3 aromatic rings. The number of carbonyl (C=O) groups excluding carboxylic acids is 1. The molecule has 0 aliphatic carbocycles. The van der Waals surface area contributed by atoms with Crippen LogP contribution in [0.5, 0.6) is 5.75 Å². The zero-order valence-corrected chi connectivity index (χ0v) is 20.3. The van der Waals surface area contributed by atoms with Gasteiger partial charge in [0.05, 0.1) is 17.1 Å². The summed E-state index contributed by atoms with van der Waals surface area (Å²) < 4.78 is 46.7. The first-order valence-electron chi connectivity index (χ1n) is 11.0. The van der Waals surface area contributed by atoms with Gasteiger partial charge in [-0.25, -0.2) is 12.8 Å². The molecule has 3 aromatic carbocycles. The van der Waals surface area contributed by atoms with Crippen molar-refractivity contribution in [2.75, 3.05) is 24.0 Å². The van der Waals surface area contributed by atoms with E-state index in [9.17, 15) is 17.6 Å². The summed E-state index contributed by atoms with van der Waals surface area (Å²) in [5, 5.41) is 2.72. The lowest BCUT2D eigenvalue weighted by atomic mass is 10.0. The average Bonchev–Trinajstić information content (AvgIpc) is 2.81. The van der Waals surface area contributed by atoms with Gasteiger partial charge in [-0.05, 0) is 60.9 Å². The highest BCUT2D eigenvalue weighted by Crippen LogP contribution is 2.26. The Morgan fingerprint density at radius 2 is 1.65 bits per heavy atom. The van der Waals surface area contributed by atoms with Gasteiger partial charge in [0.25, 0.3) is 10.0 Å². The summed E-state index contributed by atoms with van der Waals surface area (Å²) in [6.45, 7) is 6.06. The van der Waals surface area contributed by atoms with Crippen LogP contribution in [0.25, 0.3) is 0 Å². The molecule has 0 radical (unpaired) electrons. The molecule has 0 aromatic heterocycles. The van der Waals surface area contributed by atoms with Gasteiger partial charge in [0.15, 0.2) is 0 Å². The van der Waals surface area contributed by atoms with E-state index in [4.69, 9.17) is 4.74 Å². The molecule has 0 bridgehead atoms. The van der Waals surface area contributed by atoms with Gasteiger partial charge < -0.3 is 10.1 Å². The van der Waals surface area contributed by atoms with Crippen molar-refractivity contribution in [2.45, 2.75) is 31.6 Å². The van der Waals surface area contributed by atoms with Crippen molar-refractivity contribution in [3.05, 3.63) is 89.7 Å². The Morgan fingerprint density at radius 1 is 1.00 bits per heavy atom. The molecule has 0 heterocycles. The van der Waals surface area contributed by atoms with Crippen molar-refractivity contribution in [3.8, 4) is 5.75 Å². The van der Waals surface area contributed by atoms with Gasteiger partial charge in [-0.3, -0.25) is 9.10 Å². The zero-order chi connectivity index (χ0) is 24.7. The second-order valence-corrected chi connectivity index (χ2v) is 10.1. The lowest BCUT2D eigenvalue weighted by Crippen LogP contribution is -2.42. The van der Waals surface area contributed by atoms with Crippen LogP contribution in [-0.4, -0.2) is 34.0 Å². The predicted octanol–water partition coefficient (Wildman–Crippen LogP) is 4.65. The Bertz CT molecular complexity index is 1210. The van der Waals surface area contributed by atoms with Gasteiger partial charge in [-0.15, -0.1) is 0 Å². The molecule has 0 unspecified atom stereocenters.